The Kier molecular flexibility index (Phi) is 2.66. The van der Waals surface area contributed by atoms with E-state index in [0.29, 0.717) is 24.9 Å². The molecule has 0 aliphatic carbocycles. The standard InChI is InChI=1S/C11H14N4O2/c1-12-9-6-16-5-7(9)11-14-10(15-17-11)8-3-2-4-13-8/h2-4,7,9,12-13H,5-6H2,1H3. The van der Waals surface area contributed by atoms with Crippen LogP contribution >= 0.6 is 0 Å². The maximum Gasteiger partial charge on any atom is 0.234 e. The number of aromatic amines is 1. The van der Waals surface area contributed by atoms with Gasteiger partial charge in [0.2, 0.25) is 11.7 Å². The molecule has 1 aliphatic rings. The van der Waals surface area contributed by atoms with Crippen molar-refractivity contribution in [1.29, 1.82) is 0 Å². The molecule has 1 saturated heterocycles. The molecule has 0 spiro atoms. The molecule has 2 aromatic heterocycles. The van der Waals surface area contributed by atoms with Crippen molar-refractivity contribution >= 4 is 0 Å². The maximum absolute atomic E-state index is 5.42. The largest absolute Gasteiger partial charge is 0.379 e. The zero-order valence-corrected chi connectivity index (χ0v) is 9.51. The van der Waals surface area contributed by atoms with E-state index >= 15 is 0 Å². The fourth-order valence-corrected chi connectivity index (χ4v) is 2.05. The highest BCUT2D eigenvalue weighted by Gasteiger charge is 2.33. The van der Waals surface area contributed by atoms with E-state index in [4.69, 9.17) is 9.26 Å². The third-order valence-electron chi connectivity index (χ3n) is 3.05. The van der Waals surface area contributed by atoms with Crippen molar-refractivity contribution < 1.29 is 9.26 Å². The van der Waals surface area contributed by atoms with E-state index in [1.54, 1.807) is 0 Å². The van der Waals surface area contributed by atoms with Gasteiger partial charge in [-0.3, -0.25) is 0 Å². The minimum Gasteiger partial charge on any atom is -0.379 e. The summed E-state index contributed by atoms with van der Waals surface area (Å²) in [5.74, 6) is 1.36. The van der Waals surface area contributed by atoms with Gasteiger partial charge in [0.15, 0.2) is 0 Å². The van der Waals surface area contributed by atoms with Crippen molar-refractivity contribution in [3.05, 3.63) is 24.2 Å². The molecule has 2 atom stereocenters. The number of rotatable bonds is 3. The van der Waals surface area contributed by atoms with Crippen molar-refractivity contribution in [1.82, 2.24) is 20.4 Å². The van der Waals surface area contributed by atoms with Crippen molar-refractivity contribution in [2.45, 2.75) is 12.0 Å². The van der Waals surface area contributed by atoms with E-state index in [2.05, 4.69) is 20.4 Å². The van der Waals surface area contributed by atoms with Crippen LogP contribution in [0.3, 0.4) is 0 Å². The van der Waals surface area contributed by atoms with Crippen molar-refractivity contribution in [3.63, 3.8) is 0 Å². The van der Waals surface area contributed by atoms with Crippen LogP contribution in [0, 0.1) is 0 Å². The Labute approximate surface area is 98.4 Å². The van der Waals surface area contributed by atoms with Gasteiger partial charge in [-0.1, -0.05) is 5.16 Å². The first kappa shape index (κ1) is 10.5. The summed E-state index contributed by atoms with van der Waals surface area (Å²) in [4.78, 5) is 7.45. The molecule has 6 heteroatoms. The Morgan fingerprint density at radius 1 is 1.47 bits per heavy atom. The topological polar surface area (TPSA) is 76.0 Å². The average molecular weight is 234 g/mol. The lowest BCUT2D eigenvalue weighted by Gasteiger charge is -2.11. The summed E-state index contributed by atoms with van der Waals surface area (Å²) in [5.41, 5.74) is 0.861. The van der Waals surface area contributed by atoms with Crippen LogP contribution in [-0.4, -0.2) is 41.4 Å². The summed E-state index contributed by atoms with van der Waals surface area (Å²) in [6, 6.07) is 4.06. The first-order valence-electron chi connectivity index (χ1n) is 5.61. The second-order valence-corrected chi connectivity index (χ2v) is 4.08. The number of aromatic nitrogens is 3. The van der Waals surface area contributed by atoms with E-state index in [9.17, 15) is 0 Å². The SMILES string of the molecule is CNC1COCC1c1nc(-c2ccc[nH]2)no1. The minimum atomic E-state index is 0.135. The van der Waals surface area contributed by atoms with Crippen LogP contribution < -0.4 is 5.32 Å². The highest BCUT2D eigenvalue weighted by atomic mass is 16.5. The fourth-order valence-electron chi connectivity index (χ4n) is 2.05. The Morgan fingerprint density at radius 3 is 3.18 bits per heavy atom. The first-order valence-corrected chi connectivity index (χ1v) is 5.61. The van der Waals surface area contributed by atoms with Gasteiger partial charge >= 0.3 is 0 Å². The highest BCUT2D eigenvalue weighted by molar-refractivity contribution is 5.47. The molecule has 1 fully saturated rings. The number of hydrogen-bond donors (Lipinski definition) is 2. The monoisotopic (exact) mass is 234 g/mol. The first-order chi connectivity index (χ1) is 8.38. The van der Waals surface area contributed by atoms with Gasteiger partial charge in [-0.15, -0.1) is 0 Å². The summed E-state index contributed by atoms with van der Waals surface area (Å²) in [5, 5.41) is 7.17. The van der Waals surface area contributed by atoms with E-state index in [1.807, 2.05) is 25.4 Å². The molecule has 0 radical (unpaired) electrons. The number of ether oxygens (including phenoxy) is 1. The summed E-state index contributed by atoms with van der Waals surface area (Å²) < 4.78 is 10.7. The maximum atomic E-state index is 5.42. The average Bonchev–Trinajstić information content (AvgIpc) is 3.09. The minimum absolute atomic E-state index is 0.135. The second kappa shape index (κ2) is 4.31. The molecule has 2 unspecified atom stereocenters. The zero-order chi connectivity index (χ0) is 11.7. The van der Waals surface area contributed by atoms with Gasteiger partial charge in [-0.05, 0) is 19.2 Å². The van der Waals surface area contributed by atoms with Gasteiger partial charge in [0, 0.05) is 12.2 Å². The normalized spacial score (nSPS) is 24.3. The van der Waals surface area contributed by atoms with Crippen LogP contribution in [0.15, 0.2) is 22.9 Å². The second-order valence-electron chi connectivity index (χ2n) is 4.08. The van der Waals surface area contributed by atoms with Crippen LogP contribution in [0.1, 0.15) is 11.8 Å². The number of nitrogens with zero attached hydrogens (tertiary/aromatic N) is 2. The summed E-state index contributed by atoms with van der Waals surface area (Å²) >= 11 is 0. The predicted octanol–water partition coefficient (Wildman–Crippen LogP) is 0.766. The summed E-state index contributed by atoms with van der Waals surface area (Å²) in [6.07, 6.45) is 1.83. The number of hydrogen-bond acceptors (Lipinski definition) is 5. The zero-order valence-electron chi connectivity index (χ0n) is 9.51. The molecule has 6 nitrogen and oxygen atoms in total. The van der Waals surface area contributed by atoms with Crippen LogP contribution in [0.2, 0.25) is 0 Å². The molecule has 0 bridgehead atoms. The van der Waals surface area contributed by atoms with Gasteiger partial charge in [-0.25, -0.2) is 0 Å². The molecule has 90 valence electrons. The molecule has 0 saturated carbocycles. The van der Waals surface area contributed by atoms with E-state index in [0.717, 1.165) is 5.69 Å². The number of H-pyrrole nitrogens is 1. The molecule has 3 rings (SSSR count). The van der Waals surface area contributed by atoms with Crippen LogP contribution in [0.5, 0.6) is 0 Å². The Balaban J connectivity index is 1.85. The molecular weight excluding hydrogens is 220 g/mol. The Morgan fingerprint density at radius 2 is 2.41 bits per heavy atom. The summed E-state index contributed by atoms with van der Waals surface area (Å²) in [6.45, 7) is 1.30. The molecule has 0 aromatic carbocycles. The van der Waals surface area contributed by atoms with E-state index in [1.165, 1.54) is 0 Å². The third kappa shape index (κ3) is 1.85. The predicted molar refractivity (Wildman–Crippen MR) is 60.5 cm³/mol. The molecule has 17 heavy (non-hydrogen) atoms. The number of nitrogens with one attached hydrogen (secondary N) is 2. The lowest BCUT2D eigenvalue weighted by Crippen LogP contribution is -2.31. The van der Waals surface area contributed by atoms with Crippen LogP contribution in [0.25, 0.3) is 11.5 Å². The highest BCUT2D eigenvalue weighted by Crippen LogP contribution is 2.25. The van der Waals surface area contributed by atoms with Crippen molar-refractivity contribution in [2.75, 3.05) is 20.3 Å². The quantitative estimate of drug-likeness (QED) is 0.820. The smallest absolute Gasteiger partial charge is 0.234 e. The molecule has 1 aliphatic heterocycles. The van der Waals surface area contributed by atoms with Gasteiger partial charge in [0.05, 0.1) is 24.8 Å². The lowest BCUT2D eigenvalue weighted by molar-refractivity contribution is 0.185. The third-order valence-corrected chi connectivity index (χ3v) is 3.05. The van der Waals surface area contributed by atoms with E-state index in [-0.39, 0.29) is 12.0 Å². The summed E-state index contributed by atoms with van der Waals surface area (Å²) in [7, 11) is 1.91. The van der Waals surface area contributed by atoms with Crippen molar-refractivity contribution in [3.8, 4) is 11.5 Å². The van der Waals surface area contributed by atoms with E-state index < -0.39 is 0 Å². The van der Waals surface area contributed by atoms with Gasteiger partial charge in [-0.2, -0.15) is 4.98 Å². The molecular formula is C11H14N4O2. The molecule has 3 heterocycles. The van der Waals surface area contributed by atoms with Gasteiger partial charge in [0.1, 0.15) is 0 Å². The Bertz CT molecular complexity index is 479. The van der Waals surface area contributed by atoms with Crippen LogP contribution in [0.4, 0.5) is 0 Å². The molecule has 0 amide bonds. The molecule has 2 aromatic rings. The molecule has 2 N–H and O–H groups in total. The number of likely N-dealkylation sites (N-methyl/N-ethyl adjacent to an activating group) is 1. The van der Waals surface area contributed by atoms with Gasteiger partial charge in [0.25, 0.3) is 0 Å². The van der Waals surface area contributed by atoms with Crippen molar-refractivity contribution in [2.24, 2.45) is 0 Å². The van der Waals surface area contributed by atoms with Gasteiger partial charge < -0.3 is 19.6 Å². The Hall–Kier alpha value is -1.66. The fraction of sp³-hybridized carbons (Fsp3) is 0.455. The van der Waals surface area contributed by atoms with Crippen LogP contribution in [-0.2, 0) is 4.74 Å². The lowest BCUT2D eigenvalue weighted by atomic mass is 10.0.